The molecule has 3 atom stereocenters. The molecule has 170 valence electrons. The minimum absolute atomic E-state index is 0.0191. The molecule has 8 nitrogen and oxygen atoms in total. The topological polar surface area (TPSA) is 88.2 Å². The molecule has 1 aromatic carbocycles. The van der Waals surface area contributed by atoms with E-state index in [1.54, 1.807) is 25.2 Å². The molecule has 1 N–H and O–H groups in total. The SMILES string of the molecule is COc1cc(CC(=O)N2CC3CC(NC(C)=O)CN3C(=O)C2CC(C)C)cc(OC)c1. The number of ether oxygens (including phenoxy) is 2. The highest BCUT2D eigenvalue weighted by atomic mass is 16.5. The highest BCUT2D eigenvalue weighted by Crippen LogP contribution is 2.30. The van der Waals surface area contributed by atoms with Gasteiger partial charge in [0.25, 0.3) is 0 Å². The van der Waals surface area contributed by atoms with Crippen LogP contribution in [-0.2, 0) is 20.8 Å². The predicted octanol–water partition coefficient (Wildman–Crippen LogP) is 1.61. The number of nitrogens with zero attached hydrogens (tertiary/aromatic N) is 2. The Balaban J connectivity index is 1.81. The molecular formula is C23H33N3O5. The van der Waals surface area contributed by atoms with Gasteiger partial charge in [0, 0.05) is 32.1 Å². The van der Waals surface area contributed by atoms with Gasteiger partial charge in [-0.05, 0) is 36.5 Å². The summed E-state index contributed by atoms with van der Waals surface area (Å²) in [5.41, 5.74) is 0.780. The average molecular weight is 432 g/mol. The molecule has 0 aromatic heterocycles. The number of rotatable bonds is 7. The normalized spacial score (nSPS) is 23.0. The van der Waals surface area contributed by atoms with Crippen molar-refractivity contribution >= 4 is 17.7 Å². The number of carbonyl (C=O) groups excluding carboxylic acids is 3. The van der Waals surface area contributed by atoms with Crippen LogP contribution < -0.4 is 14.8 Å². The summed E-state index contributed by atoms with van der Waals surface area (Å²) in [4.78, 5) is 41.7. The second-order valence-corrected chi connectivity index (χ2v) is 8.87. The van der Waals surface area contributed by atoms with E-state index >= 15 is 0 Å². The van der Waals surface area contributed by atoms with Crippen molar-refractivity contribution in [3.8, 4) is 11.5 Å². The van der Waals surface area contributed by atoms with E-state index in [-0.39, 0.29) is 42.1 Å². The molecule has 31 heavy (non-hydrogen) atoms. The van der Waals surface area contributed by atoms with E-state index in [0.29, 0.717) is 37.4 Å². The van der Waals surface area contributed by atoms with Gasteiger partial charge in [0.15, 0.2) is 0 Å². The summed E-state index contributed by atoms with van der Waals surface area (Å²) in [6.45, 7) is 6.59. The molecule has 2 aliphatic rings. The van der Waals surface area contributed by atoms with Crippen molar-refractivity contribution in [2.45, 2.75) is 58.2 Å². The summed E-state index contributed by atoms with van der Waals surface area (Å²) >= 11 is 0. The van der Waals surface area contributed by atoms with Crippen molar-refractivity contribution in [2.24, 2.45) is 5.92 Å². The highest BCUT2D eigenvalue weighted by molar-refractivity contribution is 5.90. The van der Waals surface area contributed by atoms with Gasteiger partial charge in [0.2, 0.25) is 17.7 Å². The Labute approximate surface area is 183 Å². The van der Waals surface area contributed by atoms with Crippen LogP contribution in [0.1, 0.15) is 39.2 Å². The Morgan fingerprint density at radius 2 is 1.77 bits per heavy atom. The van der Waals surface area contributed by atoms with Crippen LogP contribution in [0, 0.1) is 5.92 Å². The molecule has 3 amide bonds. The minimum atomic E-state index is -0.479. The lowest BCUT2D eigenvalue weighted by atomic mass is 9.96. The number of methoxy groups -OCH3 is 2. The smallest absolute Gasteiger partial charge is 0.245 e. The number of benzene rings is 1. The van der Waals surface area contributed by atoms with Gasteiger partial charge >= 0.3 is 0 Å². The number of carbonyl (C=O) groups is 3. The second-order valence-electron chi connectivity index (χ2n) is 8.87. The highest BCUT2D eigenvalue weighted by Gasteiger charge is 2.46. The standard InChI is InChI=1S/C23H33N3O5/c1-14(2)6-21-23(29)25-12-17(24-15(3)27)10-18(25)13-26(21)22(28)9-16-7-19(30-4)11-20(8-16)31-5/h7-8,11,14,17-18,21H,6,9-10,12-13H2,1-5H3,(H,24,27). The lowest BCUT2D eigenvalue weighted by Gasteiger charge is -2.43. The van der Waals surface area contributed by atoms with Crippen molar-refractivity contribution in [3.63, 3.8) is 0 Å². The summed E-state index contributed by atoms with van der Waals surface area (Å²) < 4.78 is 10.6. The van der Waals surface area contributed by atoms with Crippen molar-refractivity contribution < 1.29 is 23.9 Å². The fourth-order valence-electron chi connectivity index (χ4n) is 4.63. The summed E-state index contributed by atoms with van der Waals surface area (Å²) in [5.74, 6) is 1.31. The van der Waals surface area contributed by atoms with E-state index < -0.39 is 6.04 Å². The number of piperazine rings is 1. The van der Waals surface area contributed by atoms with Gasteiger partial charge in [-0.3, -0.25) is 14.4 Å². The van der Waals surface area contributed by atoms with Crippen LogP contribution in [0.15, 0.2) is 18.2 Å². The summed E-state index contributed by atoms with van der Waals surface area (Å²) in [6.07, 6.45) is 1.44. The summed E-state index contributed by atoms with van der Waals surface area (Å²) in [6, 6.07) is 4.78. The van der Waals surface area contributed by atoms with Gasteiger partial charge < -0.3 is 24.6 Å². The molecule has 3 unspecified atom stereocenters. The molecule has 2 fully saturated rings. The first kappa shape index (κ1) is 22.9. The van der Waals surface area contributed by atoms with Gasteiger partial charge in [0.1, 0.15) is 17.5 Å². The molecule has 0 spiro atoms. The average Bonchev–Trinajstić information content (AvgIpc) is 3.11. The quantitative estimate of drug-likeness (QED) is 0.709. The molecule has 0 saturated carbocycles. The first-order valence-corrected chi connectivity index (χ1v) is 10.8. The lowest BCUT2D eigenvalue weighted by molar-refractivity contribution is -0.154. The van der Waals surface area contributed by atoms with E-state index in [4.69, 9.17) is 9.47 Å². The van der Waals surface area contributed by atoms with Crippen LogP contribution >= 0.6 is 0 Å². The predicted molar refractivity (Wildman–Crippen MR) is 116 cm³/mol. The van der Waals surface area contributed by atoms with Gasteiger partial charge in [-0.2, -0.15) is 0 Å². The van der Waals surface area contributed by atoms with Gasteiger partial charge in [-0.25, -0.2) is 0 Å². The number of amides is 3. The molecule has 0 aliphatic carbocycles. The first-order chi connectivity index (χ1) is 14.7. The molecule has 2 aliphatic heterocycles. The Bertz CT molecular complexity index is 818. The Morgan fingerprint density at radius 1 is 1.13 bits per heavy atom. The third-order valence-corrected chi connectivity index (χ3v) is 5.96. The number of nitrogens with one attached hydrogen (secondary N) is 1. The van der Waals surface area contributed by atoms with E-state index in [2.05, 4.69) is 19.2 Å². The minimum Gasteiger partial charge on any atom is -0.497 e. The van der Waals surface area contributed by atoms with Crippen LogP contribution in [0.5, 0.6) is 11.5 Å². The number of hydrogen-bond acceptors (Lipinski definition) is 5. The van der Waals surface area contributed by atoms with E-state index in [1.165, 1.54) is 6.92 Å². The summed E-state index contributed by atoms with van der Waals surface area (Å²) in [5, 5.41) is 2.92. The maximum atomic E-state index is 13.4. The molecule has 1 aromatic rings. The van der Waals surface area contributed by atoms with Crippen molar-refractivity contribution in [1.82, 2.24) is 15.1 Å². The van der Waals surface area contributed by atoms with Gasteiger partial charge in [-0.15, -0.1) is 0 Å². The molecule has 2 heterocycles. The van der Waals surface area contributed by atoms with Crippen molar-refractivity contribution in [2.75, 3.05) is 27.3 Å². The summed E-state index contributed by atoms with van der Waals surface area (Å²) in [7, 11) is 3.14. The monoisotopic (exact) mass is 431 g/mol. The molecule has 3 rings (SSSR count). The Morgan fingerprint density at radius 3 is 2.32 bits per heavy atom. The third kappa shape index (κ3) is 5.29. The van der Waals surface area contributed by atoms with Gasteiger partial charge in [-0.1, -0.05) is 13.8 Å². The van der Waals surface area contributed by atoms with Crippen LogP contribution in [0.2, 0.25) is 0 Å². The number of hydrogen-bond donors (Lipinski definition) is 1. The molecular weight excluding hydrogens is 398 g/mol. The zero-order valence-electron chi connectivity index (χ0n) is 19.0. The molecule has 8 heteroatoms. The third-order valence-electron chi connectivity index (χ3n) is 5.96. The van der Waals surface area contributed by atoms with E-state index in [0.717, 1.165) is 5.56 Å². The fraction of sp³-hybridized carbons (Fsp3) is 0.609. The maximum Gasteiger partial charge on any atom is 0.245 e. The zero-order valence-corrected chi connectivity index (χ0v) is 19.0. The maximum absolute atomic E-state index is 13.4. The van der Waals surface area contributed by atoms with Crippen molar-refractivity contribution in [1.29, 1.82) is 0 Å². The molecule has 0 radical (unpaired) electrons. The van der Waals surface area contributed by atoms with Crippen LogP contribution in [0.4, 0.5) is 0 Å². The Hall–Kier alpha value is -2.77. The molecule has 0 bridgehead atoms. The van der Waals surface area contributed by atoms with Crippen LogP contribution in [-0.4, -0.2) is 73.0 Å². The molecule has 2 saturated heterocycles. The Kier molecular flexibility index (Phi) is 7.08. The van der Waals surface area contributed by atoms with Gasteiger partial charge in [0.05, 0.1) is 26.7 Å². The largest absolute Gasteiger partial charge is 0.497 e. The number of fused-ring (bicyclic) bond motifs is 1. The fourth-order valence-corrected chi connectivity index (χ4v) is 4.63. The van der Waals surface area contributed by atoms with Crippen molar-refractivity contribution in [3.05, 3.63) is 23.8 Å². The zero-order chi connectivity index (χ0) is 22.7. The second kappa shape index (κ2) is 9.58. The first-order valence-electron chi connectivity index (χ1n) is 10.8. The van der Waals surface area contributed by atoms with E-state index in [1.807, 2.05) is 17.0 Å². The van der Waals surface area contributed by atoms with Crippen LogP contribution in [0.25, 0.3) is 0 Å². The van der Waals surface area contributed by atoms with E-state index in [9.17, 15) is 14.4 Å². The lowest BCUT2D eigenvalue weighted by Crippen LogP contribution is -2.61. The van der Waals surface area contributed by atoms with Crippen LogP contribution in [0.3, 0.4) is 0 Å².